The summed E-state index contributed by atoms with van der Waals surface area (Å²) in [5, 5.41) is 8.49. The predicted molar refractivity (Wildman–Crippen MR) is 131 cm³/mol. The number of nitrogens with zero attached hydrogens (tertiary/aromatic N) is 3. The monoisotopic (exact) mass is 502 g/mol. The van der Waals surface area contributed by atoms with Crippen LogP contribution in [0.1, 0.15) is 33.6 Å². The Morgan fingerprint density at radius 2 is 1.91 bits per heavy atom. The number of methoxy groups -OCH3 is 2. The molecular formula is C25H28ClFN4O4. The van der Waals surface area contributed by atoms with Crippen LogP contribution in [0.2, 0.25) is 5.02 Å². The van der Waals surface area contributed by atoms with Crippen LogP contribution < -0.4 is 10.1 Å². The average Bonchev–Trinajstić information content (AvgIpc) is 3.26. The van der Waals surface area contributed by atoms with Crippen molar-refractivity contribution in [3.63, 3.8) is 0 Å². The maximum Gasteiger partial charge on any atom is 0.256 e. The molecule has 1 N–H and O–H groups in total. The van der Waals surface area contributed by atoms with E-state index in [9.17, 15) is 14.0 Å². The van der Waals surface area contributed by atoms with E-state index in [1.165, 1.54) is 19.2 Å². The number of fused-ring (bicyclic) bond motifs is 1. The Morgan fingerprint density at radius 3 is 2.60 bits per heavy atom. The first-order valence-electron chi connectivity index (χ1n) is 11.5. The van der Waals surface area contributed by atoms with Gasteiger partial charge in [0, 0.05) is 44.5 Å². The molecule has 0 spiro atoms. The second kappa shape index (κ2) is 11.0. The lowest BCUT2D eigenvalue weighted by Crippen LogP contribution is -2.39. The van der Waals surface area contributed by atoms with Crippen molar-refractivity contribution >= 4 is 34.3 Å². The molecule has 2 heterocycles. The summed E-state index contributed by atoms with van der Waals surface area (Å²) in [4.78, 5) is 27.0. The van der Waals surface area contributed by atoms with Gasteiger partial charge in [0.1, 0.15) is 11.6 Å². The molecule has 2 aromatic carbocycles. The molecular weight excluding hydrogens is 475 g/mol. The summed E-state index contributed by atoms with van der Waals surface area (Å²) < 4.78 is 26.6. The quantitative estimate of drug-likeness (QED) is 0.474. The number of halogens is 2. The highest BCUT2D eigenvalue weighted by Crippen LogP contribution is 2.30. The number of hydrogen-bond donors (Lipinski definition) is 1. The molecule has 0 radical (unpaired) electrons. The normalized spacial score (nSPS) is 14.3. The largest absolute Gasteiger partial charge is 0.495 e. The fraction of sp³-hybridized carbons (Fsp3) is 0.400. The van der Waals surface area contributed by atoms with Crippen molar-refractivity contribution in [1.29, 1.82) is 0 Å². The molecule has 0 atom stereocenters. The van der Waals surface area contributed by atoms with E-state index in [0.29, 0.717) is 50.0 Å². The molecule has 4 rings (SSSR count). The fourth-order valence-electron chi connectivity index (χ4n) is 4.39. The van der Waals surface area contributed by atoms with Crippen molar-refractivity contribution in [1.82, 2.24) is 20.0 Å². The summed E-state index contributed by atoms with van der Waals surface area (Å²) in [6.07, 6.45) is 3.45. The molecule has 0 bridgehead atoms. The molecule has 10 heteroatoms. The van der Waals surface area contributed by atoms with Crippen LogP contribution in [0.4, 0.5) is 4.39 Å². The van der Waals surface area contributed by atoms with Crippen molar-refractivity contribution in [2.75, 3.05) is 40.5 Å². The second-order valence-electron chi connectivity index (χ2n) is 8.54. The minimum absolute atomic E-state index is 0.0420. The summed E-state index contributed by atoms with van der Waals surface area (Å²) >= 11 is 5.80. The lowest BCUT2D eigenvalue weighted by Gasteiger charge is -2.32. The van der Waals surface area contributed by atoms with Crippen molar-refractivity contribution in [3.8, 4) is 5.75 Å². The van der Waals surface area contributed by atoms with Crippen molar-refractivity contribution in [3.05, 3.63) is 58.5 Å². The van der Waals surface area contributed by atoms with Gasteiger partial charge in [0.15, 0.2) is 0 Å². The van der Waals surface area contributed by atoms with Gasteiger partial charge in [-0.25, -0.2) is 4.39 Å². The van der Waals surface area contributed by atoms with Crippen LogP contribution >= 0.6 is 11.6 Å². The predicted octanol–water partition coefficient (Wildman–Crippen LogP) is 3.77. The SMILES string of the molecule is COCCNC(=O)c1ccc2nn(CC3CCN(C(=O)c4ccc(Cl)cc4F)CC3)cc2c1OC. The van der Waals surface area contributed by atoms with Gasteiger partial charge in [-0.1, -0.05) is 11.6 Å². The third kappa shape index (κ3) is 5.57. The number of hydrogen-bond acceptors (Lipinski definition) is 5. The Kier molecular flexibility index (Phi) is 7.87. The number of aromatic nitrogens is 2. The number of carbonyl (C=O) groups is 2. The number of benzene rings is 2. The zero-order valence-electron chi connectivity index (χ0n) is 19.7. The van der Waals surface area contributed by atoms with Gasteiger partial charge in [0.25, 0.3) is 11.8 Å². The van der Waals surface area contributed by atoms with Crippen molar-refractivity contribution < 1.29 is 23.5 Å². The van der Waals surface area contributed by atoms with Gasteiger partial charge in [-0.3, -0.25) is 14.3 Å². The van der Waals surface area contributed by atoms with Crippen LogP contribution in [0.15, 0.2) is 36.5 Å². The van der Waals surface area contributed by atoms with Crippen LogP contribution in [-0.2, 0) is 11.3 Å². The van der Waals surface area contributed by atoms with E-state index in [1.807, 2.05) is 16.9 Å². The molecule has 3 aromatic rings. The second-order valence-corrected chi connectivity index (χ2v) is 8.98. The van der Waals surface area contributed by atoms with E-state index in [1.54, 1.807) is 18.1 Å². The van der Waals surface area contributed by atoms with E-state index in [2.05, 4.69) is 10.4 Å². The highest BCUT2D eigenvalue weighted by atomic mass is 35.5. The van der Waals surface area contributed by atoms with Crippen LogP contribution in [0.25, 0.3) is 10.9 Å². The van der Waals surface area contributed by atoms with Gasteiger partial charge in [0.2, 0.25) is 0 Å². The van der Waals surface area contributed by atoms with Gasteiger partial charge in [0.05, 0.1) is 35.7 Å². The first-order chi connectivity index (χ1) is 16.9. The molecule has 0 unspecified atom stereocenters. The minimum atomic E-state index is -0.603. The van der Waals surface area contributed by atoms with Crippen LogP contribution in [0, 0.1) is 11.7 Å². The summed E-state index contributed by atoms with van der Waals surface area (Å²) in [6.45, 7) is 2.59. The topological polar surface area (TPSA) is 85.7 Å². The number of amides is 2. The third-order valence-electron chi connectivity index (χ3n) is 6.24. The van der Waals surface area contributed by atoms with Gasteiger partial charge in [-0.05, 0) is 49.1 Å². The Labute approximate surface area is 207 Å². The van der Waals surface area contributed by atoms with Gasteiger partial charge >= 0.3 is 0 Å². The Balaban J connectivity index is 1.41. The first kappa shape index (κ1) is 24.9. The molecule has 186 valence electrons. The molecule has 0 aliphatic carbocycles. The molecule has 1 aliphatic heterocycles. The van der Waals surface area contributed by atoms with Crippen LogP contribution in [0.3, 0.4) is 0 Å². The number of carbonyl (C=O) groups excluding carboxylic acids is 2. The van der Waals surface area contributed by atoms with Crippen LogP contribution in [0.5, 0.6) is 5.75 Å². The van der Waals surface area contributed by atoms with E-state index < -0.39 is 5.82 Å². The number of likely N-dealkylation sites (tertiary alicyclic amines) is 1. The van der Waals surface area contributed by atoms with E-state index in [4.69, 9.17) is 21.1 Å². The zero-order chi connectivity index (χ0) is 24.9. The Hall–Kier alpha value is -3.17. The number of ether oxygens (including phenoxy) is 2. The summed E-state index contributed by atoms with van der Waals surface area (Å²) in [5.41, 5.74) is 1.22. The molecule has 35 heavy (non-hydrogen) atoms. The summed E-state index contributed by atoms with van der Waals surface area (Å²) in [6, 6.07) is 7.63. The minimum Gasteiger partial charge on any atom is -0.495 e. The van der Waals surface area contributed by atoms with E-state index in [-0.39, 0.29) is 22.4 Å². The lowest BCUT2D eigenvalue weighted by molar-refractivity contribution is 0.0676. The number of nitrogens with one attached hydrogen (secondary N) is 1. The lowest BCUT2D eigenvalue weighted by atomic mass is 9.96. The highest BCUT2D eigenvalue weighted by Gasteiger charge is 2.26. The molecule has 1 saturated heterocycles. The molecule has 8 nitrogen and oxygen atoms in total. The standard InChI is InChI=1S/C25H28ClFN4O4/c1-34-12-9-28-24(32)19-5-6-22-20(23(19)35-2)15-31(29-22)14-16-7-10-30(11-8-16)25(33)18-4-3-17(26)13-21(18)27/h3-6,13,15-16H,7-12,14H2,1-2H3,(H,28,32). The van der Waals surface area contributed by atoms with Crippen LogP contribution in [-0.4, -0.2) is 67.0 Å². The summed E-state index contributed by atoms with van der Waals surface area (Å²) in [7, 11) is 3.11. The Bertz CT molecular complexity index is 1220. The zero-order valence-corrected chi connectivity index (χ0v) is 20.5. The molecule has 1 aliphatic rings. The van der Waals surface area contributed by atoms with Gasteiger partial charge < -0.3 is 19.7 Å². The maximum absolute atomic E-state index is 14.2. The number of rotatable bonds is 8. The first-order valence-corrected chi connectivity index (χ1v) is 11.8. The molecule has 2 amide bonds. The third-order valence-corrected chi connectivity index (χ3v) is 6.47. The number of piperidine rings is 1. The van der Waals surface area contributed by atoms with Crippen molar-refractivity contribution in [2.24, 2.45) is 5.92 Å². The fourth-order valence-corrected chi connectivity index (χ4v) is 4.55. The Morgan fingerprint density at radius 1 is 1.17 bits per heavy atom. The van der Waals surface area contributed by atoms with Gasteiger partial charge in [-0.2, -0.15) is 5.10 Å². The molecule has 1 aromatic heterocycles. The highest BCUT2D eigenvalue weighted by molar-refractivity contribution is 6.30. The smallest absolute Gasteiger partial charge is 0.256 e. The van der Waals surface area contributed by atoms with E-state index >= 15 is 0 Å². The molecule has 0 saturated carbocycles. The van der Waals surface area contributed by atoms with Gasteiger partial charge in [-0.15, -0.1) is 0 Å². The maximum atomic E-state index is 14.2. The van der Waals surface area contributed by atoms with Crippen molar-refractivity contribution in [2.45, 2.75) is 19.4 Å². The van der Waals surface area contributed by atoms with E-state index in [0.717, 1.165) is 29.8 Å². The summed E-state index contributed by atoms with van der Waals surface area (Å²) in [5.74, 6) is -0.361. The molecule has 1 fully saturated rings. The average molecular weight is 503 g/mol.